The van der Waals surface area contributed by atoms with Crippen molar-refractivity contribution in [3.63, 3.8) is 0 Å². The molecule has 17 N–H and O–H groups in total. The molecule has 4 fully saturated rings. The number of unbranched alkanes of at least 4 members (excludes halogenated alkanes) is 33. The molecule has 4 aliphatic heterocycles. The van der Waals surface area contributed by atoms with Crippen LogP contribution in [0.1, 0.15) is 258 Å². The quantitative estimate of drug-likeness (QED) is 0.0301. The van der Waals surface area contributed by atoms with Gasteiger partial charge in [0, 0.05) is 19.8 Å². The van der Waals surface area contributed by atoms with Crippen molar-refractivity contribution in [1.29, 1.82) is 0 Å². The van der Waals surface area contributed by atoms with Gasteiger partial charge in [0.1, 0.15) is 97.6 Å². The maximum Gasteiger partial charge on any atom is 0.364 e. The number of hydrogen-bond acceptors (Lipinski definition) is 25. The van der Waals surface area contributed by atoms with Crippen LogP contribution in [0.2, 0.25) is 0 Å². The van der Waals surface area contributed by atoms with Crippen LogP contribution in [0.25, 0.3) is 0 Å². The van der Waals surface area contributed by atoms with Gasteiger partial charge in [-0.2, -0.15) is 0 Å². The van der Waals surface area contributed by atoms with Crippen molar-refractivity contribution in [1.82, 2.24) is 10.6 Å². The molecule has 4 heterocycles. The number of amides is 2. The lowest BCUT2D eigenvalue weighted by molar-refractivity contribution is -0.403. The lowest BCUT2D eigenvalue weighted by Gasteiger charge is -2.52. The first kappa shape index (κ1) is 90.7. The molecular formula is C73H134N2O26. The summed E-state index contributed by atoms with van der Waals surface area (Å²) >= 11 is 0. The van der Waals surface area contributed by atoms with Crippen molar-refractivity contribution in [2.24, 2.45) is 0 Å². The molecule has 4 rings (SSSR count). The molecule has 0 aromatic rings. The summed E-state index contributed by atoms with van der Waals surface area (Å²) in [5, 5.41) is 170. The summed E-state index contributed by atoms with van der Waals surface area (Å²) < 4.78 is 47.5. The van der Waals surface area contributed by atoms with E-state index in [9.17, 15) is 91.0 Å². The molecule has 23 atom stereocenters. The fourth-order valence-electron chi connectivity index (χ4n) is 13.8. The second-order valence-corrected chi connectivity index (χ2v) is 28.6. The summed E-state index contributed by atoms with van der Waals surface area (Å²) in [4.78, 5) is 39.4. The van der Waals surface area contributed by atoms with E-state index >= 15 is 0 Å². The number of hydrogen-bond donors (Lipinski definition) is 17. The first-order valence-corrected chi connectivity index (χ1v) is 38.6. The number of aliphatic hydroxyl groups excluding tert-OH is 14. The van der Waals surface area contributed by atoms with Crippen LogP contribution in [0, 0.1) is 0 Å². The Hall–Kier alpha value is -2.73. The zero-order valence-electron chi connectivity index (χ0n) is 60.8. The normalized spacial score (nSPS) is 31.4. The van der Waals surface area contributed by atoms with E-state index in [4.69, 9.17) is 37.9 Å². The molecule has 0 aromatic carbocycles. The minimum absolute atomic E-state index is 0.167. The Balaban J connectivity index is 1.42. The number of carboxylic acid groups (broad SMARTS) is 1. The second-order valence-electron chi connectivity index (χ2n) is 28.6. The Morgan fingerprint density at radius 2 is 0.960 bits per heavy atom. The minimum atomic E-state index is -3.28. The fraction of sp³-hybridized carbons (Fsp3) is 0.932. The molecule has 8 unspecified atom stereocenters. The SMILES string of the molecule is CCCCCCCCCCCCC/C=C/[C@@H](O)[C@H](CO[C@@H]1OC(CO)[C@@H](O[C@@H]2OC(CO)[C@H](O[C@@H]3OC(CO)[C@H](O)[C@H](O)C3NC(C)=O)[C@H](O[C@]3(C(=O)O)CC(O)[C@@H](O)C([C@H](O)[C@H](O)CO)O3)C2O)[C@H](O)C1O)NC(=O)CCCCCCCCCCCCCCCCCCCCCCCCC. The van der Waals surface area contributed by atoms with Crippen LogP contribution in [0.15, 0.2) is 12.2 Å². The summed E-state index contributed by atoms with van der Waals surface area (Å²) in [5.74, 6) is -6.53. The molecule has 0 bridgehead atoms. The van der Waals surface area contributed by atoms with Gasteiger partial charge in [0.2, 0.25) is 11.8 Å². The molecule has 4 aliphatic rings. The monoisotopic (exact) mass is 1450 g/mol. The van der Waals surface area contributed by atoms with E-state index < -0.39 is 192 Å². The number of rotatable bonds is 56. The Labute approximate surface area is 599 Å². The molecule has 0 aromatic heterocycles. The smallest absolute Gasteiger partial charge is 0.364 e. The molecule has 28 heteroatoms. The van der Waals surface area contributed by atoms with E-state index in [1.165, 1.54) is 161 Å². The number of allylic oxidation sites excluding steroid dienone is 1. The van der Waals surface area contributed by atoms with Crippen LogP contribution >= 0.6 is 0 Å². The lowest BCUT2D eigenvalue weighted by Crippen LogP contribution is -2.71. The highest BCUT2D eigenvalue weighted by molar-refractivity contribution is 5.76. The maximum absolute atomic E-state index is 13.6. The van der Waals surface area contributed by atoms with Crippen LogP contribution in [-0.4, -0.2) is 268 Å². The van der Waals surface area contributed by atoms with Crippen LogP contribution in [0.4, 0.5) is 0 Å². The van der Waals surface area contributed by atoms with Gasteiger partial charge >= 0.3 is 5.97 Å². The predicted molar refractivity (Wildman–Crippen MR) is 371 cm³/mol. The van der Waals surface area contributed by atoms with E-state index in [0.717, 1.165) is 58.3 Å². The Kier molecular flexibility index (Phi) is 46.3. The molecule has 101 heavy (non-hydrogen) atoms. The van der Waals surface area contributed by atoms with Crippen LogP contribution in [0.3, 0.4) is 0 Å². The standard InChI is InChI=1S/C73H134N2O26/c1-4-6-8-10-12-14-16-18-19-20-21-22-23-24-25-26-27-29-31-33-35-37-39-41-56(84)75-49(50(81)40-38-36-34-32-30-28-17-15-13-11-9-7-5-2)47-94-70-63(90)62(89)65(54(45-78)96-70)98-71-64(91)68(101-73(72(92)93)42-51(82)58(85)67(100-73)59(86)52(83)43-76)66(55(46-79)97-71)99-69-57(74-48(3)80)61(88)60(87)53(44-77)95-69/h38,40,49-55,57-71,76-79,81-83,85-91H,4-37,39,41-47H2,1-3H3,(H,74,80)(H,75,84)(H,92,93)/b40-38+/t49-,50+,51?,52+,53?,54?,55?,57?,58+,59+,60-,61+,62+,63?,64?,65+,66-,67?,68+,69-,70+,71-,73-/m0/s1. The molecule has 0 aliphatic carbocycles. The zero-order valence-corrected chi connectivity index (χ0v) is 60.8. The van der Waals surface area contributed by atoms with E-state index in [1.807, 2.05) is 6.08 Å². The molecule has 592 valence electrons. The van der Waals surface area contributed by atoms with E-state index in [1.54, 1.807) is 6.08 Å². The summed E-state index contributed by atoms with van der Waals surface area (Å²) in [6.45, 7) is 0.790. The van der Waals surface area contributed by atoms with Gasteiger partial charge in [-0.25, -0.2) is 4.79 Å². The predicted octanol–water partition coefficient (Wildman–Crippen LogP) is 4.11. The minimum Gasteiger partial charge on any atom is -0.477 e. The lowest BCUT2D eigenvalue weighted by atomic mass is 9.90. The number of nitrogens with one attached hydrogen (secondary N) is 2. The zero-order chi connectivity index (χ0) is 74.1. The van der Waals surface area contributed by atoms with Crippen molar-refractivity contribution in [3.8, 4) is 0 Å². The third-order valence-electron chi connectivity index (χ3n) is 20.1. The van der Waals surface area contributed by atoms with Gasteiger partial charge in [-0.1, -0.05) is 231 Å². The van der Waals surface area contributed by atoms with Gasteiger partial charge in [-0.15, -0.1) is 0 Å². The third kappa shape index (κ3) is 31.6. The summed E-state index contributed by atoms with van der Waals surface area (Å²) in [7, 11) is 0. The first-order valence-electron chi connectivity index (χ1n) is 38.6. The largest absolute Gasteiger partial charge is 0.477 e. The van der Waals surface area contributed by atoms with E-state index in [0.29, 0.717) is 12.8 Å². The van der Waals surface area contributed by atoms with E-state index in [-0.39, 0.29) is 12.3 Å². The summed E-state index contributed by atoms with van der Waals surface area (Å²) in [5.41, 5.74) is 0. The molecule has 2 amide bonds. The van der Waals surface area contributed by atoms with Crippen molar-refractivity contribution in [2.45, 2.75) is 399 Å². The van der Waals surface area contributed by atoms with Crippen molar-refractivity contribution in [2.75, 3.05) is 33.0 Å². The van der Waals surface area contributed by atoms with Crippen molar-refractivity contribution >= 4 is 17.8 Å². The Bertz CT molecular complexity index is 2200. The molecule has 0 saturated carbocycles. The van der Waals surface area contributed by atoms with Gasteiger partial charge in [0.15, 0.2) is 18.9 Å². The van der Waals surface area contributed by atoms with Gasteiger partial charge in [0.25, 0.3) is 5.79 Å². The summed E-state index contributed by atoms with van der Waals surface area (Å²) in [6.07, 6.45) is 4.39. The third-order valence-corrected chi connectivity index (χ3v) is 20.1. The highest BCUT2D eigenvalue weighted by atomic mass is 16.8. The highest BCUT2D eigenvalue weighted by Crippen LogP contribution is 2.40. The van der Waals surface area contributed by atoms with Crippen LogP contribution in [-0.2, 0) is 52.3 Å². The average Bonchev–Trinajstić information content (AvgIpc) is 0.753. The van der Waals surface area contributed by atoms with Gasteiger partial charge in [-0.3, -0.25) is 9.59 Å². The molecule has 0 radical (unpaired) electrons. The summed E-state index contributed by atoms with van der Waals surface area (Å²) in [6, 6.07) is -2.80. The first-order chi connectivity index (χ1) is 48.6. The van der Waals surface area contributed by atoms with Gasteiger partial charge < -0.3 is 125 Å². The van der Waals surface area contributed by atoms with Gasteiger partial charge in [-0.05, 0) is 19.3 Å². The topological polar surface area (TPSA) is 453 Å². The van der Waals surface area contributed by atoms with Crippen LogP contribution in [0.5, 0.6) is 0 Å². The number of carbonyl (C=O) groups is 3. The average molecular weight is 1460 g/mol. The molecule has 0 spiro atoms. The highest BCUT2D eigenvalue weighted by Gasteiger charge is 2.61. The molecule has 28 nitrogen and oxygen atoms in total. The number of aliphatic carboxylic acids is 1. The van der Waals surface area contributed by atoms with E-state index in [2.05, 4.69) is 24.5 Å². The number of carboxylic acids is 1. The van der Waals surface area contributed by atoms with Crippen molar-refractivity contribution in [3.05, 3.63) is 12.2 Å². The Morgan fingerprint density at radius 3 is 1.43 bits per heavy atom. The number of carbonyl (C=O) groups excluding carboxylic acids is 2. The van der Waals surface area contributed by atoms with Crippen LogP contribution < -0.4 is 10.6 Å². The van der Waals surface area contributed by atoms with Gasteiger partial charge in [0.05, 0.1) is 51.3 Å². The Morgan fingerprint density at radius 1 is 0.515 bits per heavy atom. The fourth-order valence-corrected chi connectivity index (χ4v) is 13.8. The molecule has 4 saturated heterocycles. The molecular weight excluding hydrogens is 1320 g/mol. The second kappa shape index (κ2) is 51.5. The number of ether oxygens (including phenoxy) is 8. The van der Waals surface area contributed by atoms with Crippen molar-refractivity contribution < 1.29 is 129 Å². The maximum atomic E-state index is 13.6. The number of aliphatic hydroxyl groups is 14.